The molecule has 10 heteroatoms. The molecule has 208 valence electrons. The summed E-state index contributed by atoms with van der Waals surface area (Å²) in [5.41, 5.74) is 0.156. The van der Waals surface area contributed by atoms with Crippen LogP contribution in [0.3, 0.4) is 0 Å². The van der Waals surface area contributed by atoms with Crippen LogP contribution in [0.2, 0.25) is 0 Å². The number of hydrogen-bond donors (Lipinski definition) is 0. The van der Waals surface area contributed by atoms with Gasteiger partial charge in [0.2, 0.25) is 6.79 Å². The smallest absolute Gasteiger partial charge is 0.309 e. The highest BCUT2D eigenvalue weighted by molar-refractivity contribution is 5.99. The molecule has 0 unspecified atom stereocenters. The summed E-state index contributed by atoms with van der Waals surface area (Å²) in [6, 6.07) is 7.64. The molecule has 0 spiro atoms. The lowest BCUT2D eigenvalue weighted by atomic mass is 9.81. The average molecular weight is 534 g/mol. The van der Waals surface area contributed by atoms with Crippen molar-refractivity contribution in [3.05, 3.63) is 53.6 Å². The van der Waals surface area contributed by atoms with Gasteiger partial charge >= 0.3 is 11.9 Å². The molecule has 0 aliphatic carbocycles. The largest absolute Gasteiger partial charge is 0.493 e. The number of methoxy groups -OCH3 is 2. The van der Waals surface area contributed by atoms with E-state index in [1.807, 2.05) is 13.8 Å². The molecule has 2 rings (SSSR count). The number of hydrogen-bond acceptors (Lipinski definition) is 9. The molecular weight excluding hydrogens is 497 g/mol. The van der Waals surface area contributed by atoms with Gasteiger partial charge in [-0.15, -0.1) is 0 Å². The van der Waals surface area contributed by atoms with Crippen molar-refractivity contribution >= 4 is 17.7 Å². The van der Waals surface area contributed by atoms with Crippen molar-refractivity contribution in [3.63, 3.8) is 0 Å². The van der Waals surface area contributed by atoms with E-state index in [1.54, 1.807) is 33.1 Å². The Labute approximate surface area is 222 Å². The summed E-state index contributed by atoms with van der Waals surface area (Å²) in [4.78, 5) is 41.2. The second kappa shape index (κ2) is 13.9. The van der Waals surface area contributed by atoms with Crippen LogP contribution in [0.5, 0.6) is 11.5 Å². The summed E-state index contributed by atoms with van der Waals surface area (Å²) >= 11 is 0. The monoisotopic (exact) mass is 533 g/mol. The molecule has 0 aliphatic rings. The van der Waals surface area contributed by atoms with Crippen molar-refractivity contribution in [1.82, 2.24) is 4.98 Å². The van der Waals surface area contributed by atoms with Crippen LogP contribution in [0, 0.1) is 17.7 Å². The third kappa shape index (κ3) is 8.51. The van der Waals surface area contributed by atoms with Crippen LogP contribution in [-0.2, 0) is 30.2 Å². The molecule has 38 heavy (non-hydrogen) atoms. The quantitative estimate of drug-likeness (QED) is 0.196. The van der Waals surface area contributed by atoms with Crippen molar-refractivity contribution in [2.24, 2.45) is 11.8 Å². The van der Waals surface area contributed by atoms with Crippen LogP contribution in [-0.4, -0.2) is 55.4 Å². The lowest BCUT2D eigenvalue weighted by molar-refractivity contribution is -0.161. The first-order valence-corrected chi connectivity index (χ1v) is 12.2. The Morgan fingerprint density at radius 2 is 1.71 bits per heavy atom. The number of Topliss-reactive ketones (excluding diaryl/α,β-unsaturated/α-hetero) is 1. The zero-order valence-corrected chi connectivity index (χ0v) is 22.9. The van der Waals surface area contributed by atoms with Gasteiger partial charge in [0.1, 0.15) is 11.9 Å². The maximum absolute atomic E-state index is 13.4. The zero-order chi connectivity index (χ0) is 28.5. The number of carbonyl (C=O) groups excluding carboxylic acids is 3. The Bertz CT molecular complexity index is 1100. The summed E-state index contributed by atoms with van der Waals surface area (Å²) in [6.07, 6.45) is 1.09. The predicted molar refractivity (Wildman–Crippen MR) is 136 cm³/mol. The van der Waals surface area contributed by atoms with Gasteiger partial charge in [0.05, 0.1) is 18.6 Å². The molecule has 1 heterocycles. The van der Waals surface area contributed by atoms with E-state index in [0.29, 0.717) is 6.42 Å². The first-order valence-electron chi connectivity index (χ1n) is 12.2. The topological polar surface area (TPSA) is 110 Å². The van der Waals surface area contributed by atoms with E-state index < -0.39 is 42.1 Å². The third-order valence-electron chi connectivity index (χ3n) is 6.37. The molecule has 9 nitrogen and oxygen atoms in total. The molecule has 2 aromatic rings. The van der Waals surface area contributed by atoms with Crippen LogP contribution in [0.1, 0.15) is 57.1 Å². The minimum absolute atomic E-state index is 0.0105. The summed E-state index contributed by atoms with van der Waals surface area (Å²) in [5.74, 6) is -2.74. The van der Waals surface area contributed by atoms with Crippen LogP contribution < -0.4 is 9.47 Å². The van der Waals surface area contributed by atoms with Gasteiger partial charge in [-0.3, -0.25) is 14.4 Å². The van der Waals surface area contributed by atoms with Crippen molar-refractivity contribution in [2.75, 3.05) is 21.0 Å². The molecule has 0 bridgehead atoms. The van der Waals surface area contributed by atoms with Gasteiger partial charge in [0.25, 0.3) is 0 Å². The zero-order valence-electron chi connectivity index (χ0n) is 22.9. The summed E-state index contributed by atoms with van der Waals surface area (Å²) in [6.45, 7) is 7.93. The molecule has 0 aliphatic heterocycles. The number of benzene rings is 1. The Morgan fingerprint density at radius 3 is 2.29 bits per heavy atom. The highest BCUT2D eigenvalue weighted by Gasteiger charge is 2.37. The molecule has 0 saturated carbocycles. The van der Waals surface area contributed by atoms with E-state index in [2.05, 4.69) is 4.98 Å². The molecule has 1 aromatic carbocycles. The average Bonchev–Trinajstić information content (AvgIpc) is 2.87. The van der Waals surface area contributed by atoms with E-state index in [-0.39, 0.29) is 35.3 Å². The number of ether oxygens (including phenoxy) is 5. The van der Waals surface area contributed by atoms with Crippen LogP contribution in [0.4, 0.5) is 4.39 Å². The molecule has 0 radical (unpaired) electrons. The van der Waals surface area contributed by atoms with Gasteiger partial charge in [0.15, 0.2) is 23.0 Å². The number of aromatic nitrogens is 1. The Kier molecular flexibility index (Phi) is 11.2. The summed E-state index contributed by atoms with van der Waals surface area (Å²) < 4.78 is 40.3. The van der Waals surface area contributed by atoms with Crippen molar-refractivity contribution in [2.45, 2.75) is 59.2 Å². The number of carbonyl (C=O) groups is 3. The number of halogens is 1. The highest BCUT2D eigenvalue weighted by Crippen LogP contribution is 2.32. The normalized spacial score (nSPS) is 13.7. The van der Waals surface area contributed by atoms with Gasteiger partial charge in [-0.25, -0.2) is 9.37 Å². The predicted octanol–water partition coefficient (Wildman–Crippen LogP) is 4.55. The number of esters is 2. The molecule has 0 N–H and O–H groups in total. The minimum Gasteiger partial charge on any atom is -0.493 e. The molecule has 0 fully saturated rings. The lowest BCUT2D eigenvalue weighted by Crippen LogP contribution is -2.43. The number of rotatable bonds is 14. The number of pyridine rings is 1. The fourth-order valence-electron chi connectivity index (χ4n) is 3.94. The Hall–Kier alpha value is -3.53. The molecule has 1 aromatic heterocycles. The minimum atomic E-state index is -0.795. The van der Waals surface area contributed by atoms with Gasteiger partial charge in [-0.1, -0.05) is 19.1 Å². The van der Waals surface area contributed by atoms with Gasteiger partial charge in [-0.2, -0.15) is 0 Å². The maximum Gasteiger partial charge on any atom is 0.309 e. The number of nitrogens with zero attached hydrogens (tertiary/aromatic N) is 1. The van der Waals surface area contributed by atoms with E-state index in [9.17, 15) is 18.8 Å². The first kappa shape index (κ1) is 30.7. The fraction of sp³-hybridized carbons (Fsp3) is 0.500. The van der Waals surface area contributed by atoms with E-state index in [0.717, 1.165) is 5.56 Å². The van der Waals surface area contributed by atoms with Crippen LogP contribution in [0.15, 0.2) is 36.5 Å². The number of ketones is 1. The third-order valence-corrected chi connectivity index (χ3v) is 6.37. The van der Waals surface area contributed by atoms with E-state index in [4.69, 9.17) is 23.7 Å². The maximum atomic E-state index is 13.4. The Morgan fingerprint density at radius 1 is 1.05 bits per heavy atom. The van der Waals surface area contributed by atoms with Crippen LogP contribution >= 0.6 is 0 Å². The van der Waals surface area contributed by atoms with Gasteiger partial charge in [-0.05, 0) is 44.9 Å². The van der Waals surface area contributed by atoms with E-state index in [1.165, 1.54) is 38.4 Å². The highest BCUT2D eigenvalue weighted by atomic mass is 19.1. The van der Waals surface area contributed by atoms with Crippen molar-refractivity contribution in [1.29, 1.82) is 0 Å². The van der Waals surface area contributed by atoms with Crippen molar-refractivity contribution < 1.29 is 42.5 Å². The SMILES string of the molecule is COc1ccnc(C(=O)C[C@@H](C)C(=O)O[C@@H](C)[C@H](Cc2ccc(F)cc2)C(C)(C)OC)c1OCOC(C)=O. The van der Waals surface area contributed by atoms with Gasteiger partial charge in [0, 0.05) is 38.6 Å². The fourth-order valence-corrected chi connectivity index (χ4v) is 3.94. The van der Waals surface area contributed by atoms with Crippen LogP contribution in [0.25, 0.3) is 0 Å². The molecular formula is C28H36FNO8. The molecule has 3 atom stereocenters. The second-order valence-corrected chi connectivity index (χ2v) is 9.50. The summed E-state index contributed by atoms with van der Waals surface area (Å²) in [7, 11) is 2.98. The van der Waals surface area contributed by atoms with Crippen molar-refractivity contribution in [3.8, 4) is 11.5 Å². The van der Waals surface area contributed by atoms with E-state index >= 15 is 0 Å². The second-order valence-electron chi connectivity index (χ2n) is 9.50. The van der Waals surface area contributed by atoms with Gasteiger partial charge < -0.3 is 23.7 Å². The summed E-state index contributed by atoms with van der Waals surface area (Å²) in [5, 5.41) is 0. The molecule has 0 amide bonds. The Balaban J connectivity index is 2.13. The molecule has 0 saturated heterocycles. The lowest BCUT2D eigenvalue weighted by Gasteiger charge is -2.37. The first-order chi connectivity index (χ1) is 17.9. The standard InChI is InChI=1S/C28H36FNO8/c1-17(14-23(32)25-26(37-16-36-19(3)31)24(34-6)12-13-30-25)27(33)38-18(2)22(28(4,5)35-7)15-20-8-10-21(29)11-9-20/h8-13,17-18,22H,14-16H2,1-7H3/t17-,18+,22+/m1/s1.